The zero-order valence-electron chi connectivity index (χ0n) is 14.4. The molecule has 1 aliphatic heterocycles. The van der Waals surface area contributed by atoms with E-state index in [1.165, 1.54) is 20.1 Å². The first kappa shape index (κ1) is 20.0. The van der Waals surface area contributed by atoms with Crippen molar-refractivity contribution in [3.8, 4) is 0 Å². The van der Waals surface area contributed by atoms with Crippen molar-refractivity contribution in [1.82, 2.24) is 8.61 Å². The second-order valence-corrected chi connectivity index (χ2v) is 11.1. The molecule has 2 heterocycles. The van der Waals surface area contributed by atoms with Crippen molar-refractivity contribution in [2.45, 2.75) is 16.0 Å². The van der Waals surface area contributed by atoms with Crippen LogP contribution >= 0.6 is 11.3 Å². The molecule has 1 saturated heterocycles. The van der Waals surface area contributed by atoms with Gasteiger partial charge in [-0.05, 0) is 30.7 Å². The van der Waals surface area contributed by atoms with E-state index in [0.29, 0.717) is 0 Å². The van der Waals surface area contributed by atoms with Gasteiger partial charge in [0.15, 0.2) is 0 Å². The molecule has 1 aliphatic rings. The molecule has 0 amide bonds. The number of sulfonamides is 2. The Hall–Kier alpha value is -1.79. The number of benzene rings is 1. The van der Waals surface area contributed by atoms with Crippen LogP contribution in [0.15, 0.2) is 44.8 Å². The molecule has 0 atom stereocenters. The smallest absolute Gasteiger partial charge is 0.336 e. The predicted molar refractivity (Wildman–Crippen MR) is 100.0 cm³/mol. The van der Waals surface area contributed by atoms with Crippen molar-refractivity contribution in [3.63, 3.8) is 0 Å². The summed E-state index contributed by atoms with van der Waals surface area (Å²) in [4.78, 5) is 11.1. The number of carbonyl (C=O) groups is 1. The SMILES string of the molecule is Cc1cccc(S(=O)(=O)N2CCN(S(=O)(=O)c3cc(C(=O)O)cs3)CC2)c1. The van der Waals surface area contributed by atoms with Crippen molar-refractivity contribution < 1.29 is 26.7 Å². The number of aromatic carboxylic acids is 1. The number of carboxylic acids is 1. The maximum Gasteiger partial charge on any atom is 0.336 e. The van der Waals surface area contributed by atoms with E-state index in [1.54, 1.807) is 25.1 Å². The molecule has 1 aromatic carbocycles. The highest BCUT2D eigenvalue weighted by molar-refractivity contribution is 7.91. The quantitative estimate of drug-likeness (QED) is 0.768. The fourth-order valence-corrected chi connectivity index (χ4v) is 7.02. The summed E-state index contributed by atoms with van der Waals surface area (Å²) in [5.74, 6) is -1.19. The van der Waals surface area contributed by atoms with Gasteiger partial charge >= 0.3 is 5.97 Å². The largest absolute Gasteiger partial charge is 0.478 e. The highest BCUT2D eigenvalue weighted by atomic mass is 32.2. The van der Waals surface area contributed by atoms with E-state index in [0.717, 1.165) is 23.0 Å². The Labute approximate surface area is 161 Å². The second kappa shape index (κ2) is 7.32. The molecule has 27 heavy (non-hydrogen) atoms. The number of thiophene rings is 1. The van der Waals surface area contributed by atoms with Crippen LogP contribution in [-0.2, 0) is 20.0 Å². The van der Waals surface area contributed by atoms with Crippen LogP contribution in [0, 0.1) is 6.92 Å². The van der Waals surface area contributed by atoms with Gasteiger partial charge in [-0.2, -0.15) is 8.61 Å². The summed E-state index contributed by atoms with van der Waals surface area (Å²) < 4.78 is 53.2. The van der Waals surface area contributed by atoms with Crippen molar-refractivity contribution in [1.29, 1.82) is 0 Å². The van der Waals surface area contributed by atoms with Gasteiger partial charge in [0.2, 0.25) is 10.0 Å². The molecule has 11 heteroatoms. The Balaban J connectivity index is 1.75. The number of rotatable bonds is 5. The summed E-state index contributed by atoms with van der Waals surface area (Å²) in [5.41, 5.74) is 0.739. The molecule has 2 aromatic rings. The summed E-state index contributed by atoms with van der Waals surface area (Å²) >= 11 is 0.841. The molecule has 1 N–H and O–H groups in total. The van der Waals surface area contributed by atoms with E-state index in [9.17, 15) is 21.6 Å². The summed E-state index contributed by atoms with van der Waals surface area (Å²) in [6, 6.07) is 7.69. The number of aryl methyl sites for hydroxylation is 1. The number of hydrogen-bond acceptors (Lipinski definition) is 6. The first-order valence-electron chi connectivity index (χ1n) is 8.01. The Morgan fingerprint density at radius 3 is 2.11 bits per heavy atom. The standard InChI is InChI=1S/C16H18N2O6S3/c1-12-3-2-4-14(9-12)26(21,22)17-5-7-18(8-6-17)27(23,24)15-10-13(11-25-15)16(19)20/h2-4,9-11H,5-8H2,1H3,(H,19,20). The summed E-state index contributed by atoms with van der Waals surface area (Å²) in [5, 5.41) is 10.2. The van der Waals surface area contributed by atoms with E-state index in [-0.39, 0.29) is 40.8 Å². The minimum Gasteiger partial charge on any atom is -0.478 e. The molecule has 3 rings (SSSR count). The molecule has 0 saturated carbocycles. The summed E-state index contributed by atoms with van der Waals surface area (Å²) in [6.45, 7) is 1.89. The predicted octanol–water partition coefficient (Wildman–Crippen LogP) is 1.45. The van der Waals surface area contributed by atoms with Gasteiger partial charge in [0.05, 0.1) is 10.5 Å². The van der Waals surface area contributed by atoms with Crippen LogP contribution < -0.4 is 0 Å². The topological polar surface area (TPSA) is 112 Å². The zero-order valence-corrected chi connectivity index (χ0v) is 16.8. The first-order chi connectivity index (χ1) is 12.6. The number of piperazine rings is 1. The fourth-order valence-electron chi connectivity index (χ4n) is 2.77. The van der Waals surface area contributed by atoms with E-state index in [2.05, 4.69) is 0 Å². The van der Waals surface area contributed by atoms with Crippen LogP contribution in [0.5, 0.6) is 0 Å². The Morgan fingerprint density at radius 1 is 1.00 bits per heavy atom. The van der Waals surface area contributed by atoms with Crippen LogP contribution in [0.3, 0.4) is 0 Å². The molecule has 1 fully saturated rings. The summed E-state index contributed by atoms with van der Waals surface area (Å²) in [6.07, 6.45) is 0. The minimum atomic E-state index is -3.85. The summed E-state index contributed by atoms with van der Waals surface area (Å²) in [7, 11) is -7.54. The monoisotopic (exact) mass is 430 g/mol. The highest BCUT2D eigenvalue weighted by Crippen LogP contribution is 2.26. The van der Waals surface area contributed by atoms with E-state index in [4.69, 9.17) is 5.11 Å². The minimum absolute atomic E-state index is 0.00762. The van der Waals surface area contributed by atoms with Crippen LogP contribution in [0.4, 0.5) is 0 Å². The number of hydrogen-bond donors (Lipinski definition) is 1. The first-order valence-corrected chi connectivity index (χ1v) is 11.8. The van der Waals surface area contributed by atoms with Gasteiger partial charge in [0, 0.05) is 31.6 Å². The average Bonchev–Trinajstić information content (AvgIpc) is 3.13. The molecule has 0 spiro atoms. The van der Waals surface area contributed by atoms with E-state index >= 15 is 0 Å². The van der Waals surface area contributed by atoms with Gasteiger partial charge in [-0.1, -0.05) is 12.1 Å². The van der Waals surface area contributed by atoms with E-state index in [1.807, 2.05) is 0 Å². The van der Waals surface area contributed by atoms with Gasteiger partial charge in [0.1, 0.15) is 4.21 Å². The van der Waals surface area contributed by atoms with E-state index < -0.39 is 26.0 Å². The molecule has 146 valence electrons. The number of nitrogens with zero attached hydrogens (tertiary/aromatic N) is 2. The zero-order chi connectivity index (χ0) is 19.8. The lowest BCUT2D eigenvalue weighted by Gasteiger charge is -2.33. The lowest BCUT2D eigenvalue weighted by atomic mass is 10.2. The van der Waals surface area contributed by atoms with Gasteiger partial charge < -0.3 is 5.11 Å². The van der Waals surface area contributed by atoms with Gasteiger partial charge in [-0.3, -0.25) is 0 Å². The molecule has 8 nitrogen and oxygen atoms in total. The highest BCUT2D eigenvalue weighted by Gasteiger charge is 2.34. The lowest BCUT2D eigenvalue weighted by Crippen LogP contribution is -2.50. The van der Waals surface area contributed by atoms with Crippen molar-refractivity contribution >= 4 is 37.4 Å². The van der Waals surface area contributed by atoms with Crippen LogP contribution in [-0.4, -0.2) is 62.7 Å². The Kier molecular flexibility index (Phi) is 5.41. The third-order valence-electron chi connectivity index (χ3n) is 4.24. The fraction of sp³-hybridized carbons (Fsp3) is 0.312. The third-order valence-corrected chi connectivity index (χ3v) is 9.45. The molecular formula is C16H18N2O6S3. The third kappa shape index (κ3) is 3.92. The van der Waals surface area contributed by atoms with Crippen molar-refractivity contribution in [3.05, 3.63) is 46.8 Å². The average molecular weight is 431 g/mol. The van der Waals surface area contributed by atoms with Gasteiger partial charge in [-0.15, -0.1) is 11.3 Å². The Bertz CT molecular complexity index is 1070. The van der Waals surface area contributed by atoms with Crippen LogP contribution in [0.1, 0.15) is 15.9 Å². The van der Waals surface area contributed by atoms with Crippen LogP contribution in [0.25, 0.3) is 0 Å². The normalized spacial score (nSPS) is 17.1. The lowest BCUT2D eigenvalue weighted by molar-refractivity contribution is 0.0697. The van der Waals surface area contributed by atoms with Crippen molar-refractivity contribution in [2.24, 2.45) is 0 Å². The van der Waals surface area contributed by atoms with Gasteiger partial charge in [0.25, 0.3) is 10.0 Å². The number of carboxylic acid groups (broad SMARTS) is 1. The maximum atomic E-state index is 12.7. The van der Waals surface area contributed by atoms with Crippen LogP contribution in [0.2, 0.25) is 0 Å². The molecule has 0 aliphatic carbocycles. The molecule has 0 bridgehead atoms. The molecule has 0 radical (unpaired) electrons. The van der Waals surface area contributed by atoms with Gasteiger partial charge in [-0.25, -0.2) is 21.6 Å². The van der Waals surface area contributed by atoms with Crippen molar-refractivity contribution in [2.75, 3.05) is 26.2 Å². The second-order valence-electron chi connectivity index (χ2n) is 6.08. The molecule has 0 unspecified atom stereocenters. The molecule has 1 aromatic heterocycles. The maximum absolute atomic E-state index is 12.7. The molecular weight excluding hydrogens is 412 g/mol. The Morgan fingerprint density at radius 2 is 1.59 bits per heavy atom.